The first kappa shape index (κ1) is 29.8. The Morgan fingerprint density at radius 1 is 1.19 bits per heavy atom. The molecule has 5 rings (SSSR count). The molecule has 12 heteroatoms. The Balaban J connectivity index is 1.87. The maximum absolute atomic E-state index is 15.9. The highest BCUT2D eigenvalue weighted by Crippen LogP contribution is 2.36. The first-order chi connectivity index (χ1) is 20.5. The maximum atomic E-state index is 15.9. The van der Waals surface area contributed by atoms with Gasteiger partial charge in [-0.3, -0.25) is 28.5 Å². The molecule has 1 aliphatic rings. The minimum Gasteiger partial charge on any atom is -0.507 e. The summed E-state index contributed by atoms with van der Waals surface area (Å²) in [4.78, 5) is 50.6. The van der Waals surface area contributed by atoms with Crippen LogP contribution in [0.2, 0.25) is 0 Å². The number of hydrogen-bond donors (Lipinski definition) is 2. The van der Waals surface area contributed by atoms with Crippen LogP contribution in [0.5, 0.6) is 5.75 Å². The van der Waals surface area contributed by atoms with Gasteiger partial charge < -0.3 is 15.1 Å². The molecule has 2 atom stereocenters. The van der Waals surface area contributed by atoms with Crippen LogP contribution in [-0.2, 0) is 4.79 Å². The molecule has 4 aromatic rings. The number of phenols is 1. The highest BCUT2D eigenvalue weighted by Gasteiger charge is 2.34. The van der Waals surface area contributed by atoms with E-state index in [1.807, 2.05) is 13.8 Å². The summed E-state index contributed by atoms with van der Waals surface area (Å²) in [7, 11) is 0. The Bertz CT molecular complexity index is 1860. The van der Waals surface area contributed by atoms with Gasteiger partial charge in [0.1, 0.15) is 17.3 Å². The molecule has 3 aromatic heterocycles. The van der Waals surface area contributed by atoms with Crippen molar-refractivity contribution in [3.05, 3.63) is 92.8 Å². The van der Waals surface area contributed by atoms with E-state index in [4.69, 9.17) is 0 Å². The third-order valence-corrected chi connectivity index (χ3v) is 7.89. The van der Waals surface area contributed by atoms with Gasteiger partial charge in [0.25, 0.3) is 0 Å². The average molecular weight is 592 g/mol. The zero-order valence-electron chi connectivity index (χ0n) is 23.9. The number of piperidine rings is 1. The molecule has 2 N–H and O–H groups in total. The van der Waals surface area contributed by atoms with E-state index in [-0.39, 0.29) is 42.4 Å². The van der Waals surface area contributed by atoms with E-state index in [2.05, 4.69) is 16.5 Å². The van der Waals surface area contributed by atoms with E-state index >= 15 is 4.39 Å². The third-order valence-electron chi connectivity index (χ3n) is 7.89. The lowest BCUT2D eigenvalue weighted by Gasteiger charge is -2.39. The van der Waals surface area contributed by atoms with Crippen molar-refractivity contribution in [1.82, 2.24) is 24.0 Å². The summed E-state index contributed by atoms with van der Waals surface area (Å²) in [6, 6.07) is 4.76. The molecular weight excluding hydrogens is 560 g/mol. The molecule has 0 saturated carbocycles. The van der Waals surface area contributed by atoms with Crippen molar-refractivity contribution in [3.8, 4) is 22.7 Å². The van der Waals surface area contributed by atoms with Gasteiger partial charge >= 0.3 is 11.1 Å². The lowest BCUT2D eigenvalue weighted by molar-refractivity contribution is -0.131. The minimum absolute atomic E-state index is 0.0511. The quantitative estimate of drug-likeness (QED) is 0.258. The molecule has 1 aromatic carbocycles. The third kappa shape index (κ3) is 5.01. The van der Waals surface area contributed by atoms with E-state index in [9.17, 15) is 29.0 Å². The number of nitrogens with zero attached hydrogens (tertiary/aromatic N) is 5. The lowest BCUT2D eigenvalue weighted by Crippen LogP contribution is -2.50. The second-order valence-electron chi connectivity index (χ2n) is 10.9. The van der Waals surface area contributed by atoms with Crippen molar-refractivity contribution in [2.45, 2.75) is 51.6 Å². The molecule has 1 fully saturated rings. The van der Waals surface area contributed by atoms with E-state index in [1.54, 1.807) is 19.2 Å². The van der Waals surface area contributed by atoms with Gasteiger partial charge in [-0.05, 0) is 55.5 Å². The average Bonchev–Trinajstić information content (AvgIpc) is 2.98. The number of benzene rings is 1. The number of rotatable bonds is 6. The molecule has 1 aliphatic heterocycles. The SMILES string of the molecule is C=CC(=O)N1CCC(n2c(=O)c(=O)n(-c3c(C)ccnc3C(C)C)c3nc(-c4c(O)cccc4F)c(F)cc32)C[C@@H]1CO. The van der Waals surface area contributed by atoms with Crippen LogP contribution in [0.15, 0.2) is 58.8 Å². The summed E-state index contributed by atoms with van der Waals surface area (Å²) in [6.07, 6.45) is 3.02. The monoisotopic (exact) mass is 591 g/mol. The molecule has 1 unspecified atom stereocenters. The highest BCUT2D eigenvalue weighted by atomic mass is 19.1. The molecule has 224 valence electrons. The number of fused-ring (bicyclic) bond motifs is 1. The summed E-state index contributed by atoms with van der Waals surface area (Å²) in [6.45, 7) is 8.70. The number of hydrogen-bond acceptors (Lipinski definition) is 7. The number of halogens is 2. The topological polar surface area (TPSA) is 131 Å². The number of carbonyl (C=O) groups excluding carboxylic acids is 1. The van der Waals surface area contributed by atoms with Crippen LogP contribution in [0.1, 0.15) is 49.9 Å². The van der Waals surface area contributed by atoms with Crippen molar-refractivity contribution in [3.63, 3.8) is 0 Å². The number of carbonyl (C=O) groups is 1. The fourth-order valence-corrected chi connectivity index (χ4v) is 5.84. The number of pyridine rings is 2. The predicted molar refractivity (Wildman–Crippen MR) is 156 cm³/mol. The van der Waals surface area contributed by atoms with Crippen LogP contribution in [-0.4, -0.2) is 59.3 Å². The van der Waals surface area contributed by atoms with Gasteiger partial charge in [0.15, 0.2) is 11.5 Å². The number of aromatic hydroxyl groups is 1. The molecule has 0 bridgehead atoms. The van der Waals surface area contributed by atoms with E-state index < -0.39 is 58.5 Å². The lowest BCUT2D eigenvalue weighted by atomic mass is 9.96. The smallest absolute Gasteiger partial charge is 0.322 e. The zero-order chi connectivity index (χ0) is 31.2. The van der Waals surface area contributed by atoms with Crippen LogP contribution >= 0.6 is 0 Å². The van der Waals surface area contributed by atoms with Crippen LogP contribution in [0.4, 0.5) is 8.78 Å². The number of aliphatic hydroxyl groups excluding tert-OH is 1. The molecule has 43 heavy (non-hydrogen) atoms. The summed E-state index contributed by atoms with van der Waals surface area (Å²) < 4.78 is 33.0. The summed E-state index contributed by atoms with van der Waals surface area (Å²) in [5.74, 6) is -3.10. The Morgan fingerprint density at radius 3 is 2.58 bits per heavy atom. The standard InChI is InChI=1S/C31H31F2N5O5/c1-5-24(41)36-12-10-18(13-19(36)15-39)37-22-14-21(33)27(25-20(32)7-6-8-23(25)40)35-29(22)38(31(43)30(37)42)28-17(4)9-11-34-26(28)16(2)3/h5-9,11,14,16,18-19,39-40H,1,10,12-13,15H2,2-4H3/t18?,19-/m1/s1. The van der Waals surface area contributed by atoms with Crippen LogP contribution in [0, 0.1) is 18.6 Å². The van der Waals surface area contributed by atoms with Crippen molar-refractivity contribution in [2.75, 3.05) is 13.2 Å². The van der Waals surface area contributed by atoms with Gasteiger partial charge in [0.2, 0.25) is 5.91 Å². The molecule has 0 aliphatic carbocycles. The fraction of sp³-hybridized carbons (Fsp3) is 0.323. The maximum Gasteiger partial charge on any atom is 0.322 e. The normalized spacial score (nSPS) is 17.0. The van der Waals surface area contributed by atoms with E-state index in [1.165, 1.54) is 17.0 Å². The van der Waals surface area contributed by atoms with Crippen molar-refractivity contribution < 1.29 is 23.8 Å². The van der Waals surface area contributed by atoms with Gasteiger partial charge in [-0.15, -0.1) is 0 Å². The number of amides is 1. The zero-order valence-corrected chi connectivity index (χ0v) is 23.9. The first-order valence-electron chi connectivity index (χ1n) is 13.9. The summed E-state index contributed by atoms with van der Waals surface area (Å²) in [5, 5.41) is 20.5. The van der Waals surface area contributed by atoms with E-state index in [0.29, 0.717) is 16.9 Å². The fourth-order valence-electron chi connectivity index (χ4n) is 5.84. The Kier molecular flexibility index (Phi) is 7.98. The number of aromatic nitrogens is 4. The number of likely N-dealkylation sites (tertiary alicyclic amines) is 1. The molecule has 0 radical (unpaired) electrons. The Morgan fingerprint density at radius 2 is 1.93 bits per heavy atom. The Labute approximate surface area is 245 Å². The summed E-state index contributed by atoms with van der Waals surface area (Å²) in [5.41, 5.74) is -1.82. The second-order valence-corrected chi connectivity index (χ2v) is 10.9. The molecule has 0 spiro atoms. The molecule has 1 amide bonds. The van der Waals surface area contributed by atoms with Crippen LogP contribution in [0.25, 0.3) is 28.1 Å². The minimum atomic E-state index is -1.03. The largest absolute Gasteiger partial charge is 0.507 e. The molecular formula is C31H31F2N5O5. The first-order valence-corrected chi connectivity index (χ1v) is 13.9. The van der Waals surface area contributed by atoms with Crippen LogP contribution < -0.4 is 11.1 Å². The van der Waals surface area contributed by atoms with Gasteiger partial charge in [0, 0.05) is 24.8 Å². The Hall–Kier alpha value is -4.71. The number of phenolic OH excluding ortho intramolecular Hbond substituents is 1. The van der Waals surface area contributed by atoms with Gasteiger partial charge in [-0.2, -0.15) is 0 Å². The molecule has 4 heterocycles. The second kappa shape index (κ2) is 11.5. The van der Waals surface area contributed by atoms with Gasteiger partial charge in [0.05, 0.1) is 35.1 Å². The predicted octanol–water partition coefficient (Wildman–Crippen LogP) is 3.74. The molecule has 10 nitrogen and oxygen atoms in total. The van der Waals surface area contributed by atoms with Gasteiger partial charge in [-0.1, -0.05) is 26.5 Å². The number of aryl methyl sites for hydroxylation is 1. The van der Waals surface area contributed by atoms with E-state index in [0.717, 1.165) is 27.3 Å². The van der Waals surface area contributed by atoms with Gasteiger partial charge in [-0.25, -0.2) is 13.8 Å². The number of aliphatic hydroxyl groups is 1. The van der Waals surface area contributed by atoms with Crippen molar-refractivity contribution in [1.29, 1.82) is 0 Å². The van der Waals surface area contributed by atoms with Crippen molar-refractivity contribution >= 4 is 17.1 Å². The summed E-state index contributed by atoms with van der Waals surface area (Å²) >= 11 is 0. The van der Waals surface area contributed by atoms with Crippen molar-refractivity contribution in [2.24, 2.45) is 0 Å². The van der Waals surface area contributed by atoms with Crippen LogP contribution in [0.3, 0.4) is 0 Å². The highest BCUT2D eigenvalue weighted by molar-refractivity contribution is 5.87. The molecule has 1 saturated heterocycles.